The summed E-state index contributed by atoms with van der Waals surface area (Å²) in [6.45, 7) is 4.09. The Morgan fingerprint density at radius 2 is 1.72 bits per heavy atom. The highest BCUT2D eigenvalue weighted by molar-refractivity contribution is 5.88. The van der Waals surface area contributed by atoms with Crippen LogP contribution < -0.4 is 5.32 Å². The maximum absolute atomic E-state index is 12.6. The van der Waals surface area contributed by atoms with E-state index < -0.39 is 0 Å². The van der Waals surface area contributed by atoms with Gasteiger partial charge in [0.05, 0.1) is 12.2 Å². The molecule has 0 aromatic carbocycles. The standard InChI is InChI=1S/C15H26N2O/c1-2-14(7-3-4-8-14)11-17-12-16-15(13(17)18)9-5-6-10-15/h16H,2-12H2,1H3. The summed E-state index contributed by atoms with van der Waals surface area (Å²) in [7, 11) is 0. The van der Waals surface area contributed by atoms with Crippen LogP contribution in [0.25, 0.3) is 0 Å². The monoisotopic (exact) mass is 250 g/mol. The van der Waals surface area contributed by atoms with Crippen LogP contribution in [-0.4, -0.2) is 29.6 Å². The number of carbonyl (C=O) groups excluding carboxylic acids is 1. The summed E-state index contributed by atoms with van der Waals surface area (Å²) >= 11 is 0. The number of carbonyl (C=O) groups is 1. The highest BCUT2D eigenvalue weighted by Gasteiger charge is 2.49. The van der Waals surface area contributed by atoms with Crippen LogP contribution in [0.1, 0.15) is 64.7 Å². The van der Waals surface area contributed by atoms with E-state index in [4.69, 9.17) is 0 Å². The molecule has 3 aliphatic rings. The van der Waals surface area contributed by atoms with Crippen LogP contribution in [0, 0.1) is 5.41 Å². The average molecular weight is 250 g/mol. The van der Waals surface area contributed by atoms with Crippen LogP contribution in [0.2, 0.25) is 0 Å². The maximum atomic E-state index is 12.6. The normalized spacial score (nSPS) is 29.6. The summed E-state index contributed by atoms with van der Waals surface area (Å²) in [5.41, 5.74) is 0.273. The second-order valence-electron chi connectivity index (χ2n) is 6.69. The first kappa shape index (κ1) is 12.5. The molecule has 18 heavy (non-hydrogen) atoms. The first-order valence-corrected chi connectivity index (χ1v) is 7.74. The van der Waals surface area contributed by atoms with Crippen molar-refractivity contribution in [1.82, 2.24) is 10.2 Å². The van der Waals surface area contributed by atoms with E-state index in [0.29, 0.717) is 11.3 Å². The summed E-state index contributed by atoms with van der Waals surface area (Å²) < 4.78 is 0. The lowest BCUT2D eigenvalue weighted by Crippen LogP contribution is -2.45. The van der Waals surface area contributed by atoms with Crippen molar-refractivity contribution in [3.8, 4) is 0 Å². The summed E-state index contributed by atoms with van der Waals surface area (Å²) in [5.74, 6) is 0.403. The van der Waals surface area contributed by atoms with Gasteiger partial charge in [0.15, 0.2) is 0 Å². The summed E-state index contributed by atoms with van der Waals surface area (Å²) in [5, 5.41) is 3.52. The molecular weight excluding hydrogens is 224 g/mol. The van der Waals surface area contributed by atoms with Crippen molar-refractivity contribution < 1.29 is 4.79 Å². The van der Waals surface area contributed by atoms with E-state index in [9.17, 15) is 4.79 Å². The molecule has 1 spiro atoms. The van der Waals surface area contributed by atoms with E-state index in [0.717, 1.165) is 26.1 Å². The lowest BCUT2D eigenvalue weighted by Gasteiger charge is -2.33. The van der Waals surface area contributed by atoms with Crippen molar-refractivity contribution in [1.29, 1.82) is 0 Å². The van der Waals surface area contributed by atoms with Crippen molar-refractivity contribution in [3.63, 3.8) is 0 Å². The highest BCUT2D eigenvalue weighted by Crippen LogP contribution is 2.43. The molecule has 3 fully saturated rings. The molecule has 2 saturated carbocycles. The topological polar surface area (TPSA) is 32.3 Å². The molecule has 2 aliphatic carbocycles. The van der Waals surface area contributed by atoms with Gasteiger partial charge >= 0.3 is 0 Å². The van der Waals surface area contributed by atoms with Gasteiger partial charge in [-0.2, -0.15) is 0 Å². The smallest absolute Gasteiger partial charge is 0.243 e. The Labute approximate surface area is 110 Å². The Morgan fingerprint density at radius 1 is 1.11 bits per heavy atom. The second-order valence-corrected chi connectivity index (χ2v) is 6.69. The highest BCUT2D eigenvalue weighted by atomic mass is 16.2. The van der Waals surface area contributed by atoms with Crippen LogP contribution in [0.15, 0.2) is 0 Å². The summed E-state index contributed by atoms with van der Waals surface area (Å²) in [6.07, 6.45) is 11.1. The van der Waals surface area contributed by atoms with Crippen molar-refractivity contribution in [2.75, 3.05) is 13.2 Å². The lowest BCUT2D eigenvalue weighted by atomic mass is 9.82. The fourth-order valence-electron chi connectivity index (χ4n) is 4.35. The van der Waals surface area contributed by atoms with Gasteiger partial charge in [0, 0.05) is 6.54 Å². The molecule has 1 saturated heterocycles. The van der Waals surface area contributed by atoms with Gasteiger partial charge in [0.1, 0.15) is 0 Å². The predicted octanol–water partition coefficient (Wildman–Crippen LogP) is 2.66. The maximum Gasteiger partial charge on any atom is 0.243 e. The van der Waals surface area contributed by atoms with Crippen LogP contribution in [0.3, 0.4) is 0 Å². The molecule has 0 aromatic rings. The lowest BCUT2D eigenvalue weighted by molar-refractivity contribution is -0.133. The molecule has 1 heterocycles. The van der Waals surface area contributed by atoms with Gasteiger partial charge in [-0.1, -0.05) is 32.6 Å². The molecule has 0 unspecified atom stereocenters. The Kier molecular flexibility index (Phi) is 3.13. The van der Waals surface area contributed by atoms with Crippen molar-refractivity contribution in [3.05, 3.63) is 0 Å². The number of hydrogen-bond donors (Lipinski definition) is 1. The first-order chi connectivity index (χ1) is 8.70. The van der Waals surface area contributed by atoms with Gasteiger partial charge in [-0.15, -0.1) is 0 Å². The van der Waals surface area contributed by atoms with E-state index in [1.54, 1.807) is 0 Å². The molecule has 0 atom stereocenters. The van der Waals surface area contributed by atoms with E-state index in [2.05, 4.69) is 17.1 Å². The van der Waals surface area contributed by atoms with Gasteiger partial charge in [0.2, 0.25) is 5.91 Å². The number of nitrogens with zero attached hydrogens (tertiary/aromatic N) is 1. The van der Waals surface area contributed by atoms with E-state index in [-0.39, 0.29) is 5.54 Å². The molecule has 1 aliphatic heterocycles. The molecule has 0 bridgehead atoms. The molecule has 1 N–H and O–H groups in total. The Morgan fingerprint density at radius 3 is 2.33 bits per heavy atom. The zero-order valence-corrected chi connectivity index (χ0v) is 11.6. The zero-order valence-electron chi connectivity index (χ0n) is 11.6. The molecule has 3 rings (SSSR count). The quantitative estimate of drug-likeness (QED) is 0.835. The van der Waals surface area contributed by atoms with Gasteiger partial charge < -0.3 is 4.90 Å². The zero-order chi connectivity index (χ0) is 12.6. The Bertz CT molecular complexity index is 327. The summed E-state index contributed by atoms with van der Waals surface area (Å²) in [6, 6.07) is 0. The number of rotatable bonds is 3. The average Bonchev–Trinajstić information content (AvgIpc) is 3.09. The van der Waals surface area contributed by atoms with Gasteiger partial charge in [-0.3, -0.25) is 10.1 Å². The second kappa shape index (κ2) is 4.52. The third-order valence-electron chi connectivity index (χ3n) is 5.70. The van der Waals surface area contributed by atoms with E-state index in [1.165, 1.54) is 44.9 Å². The Hall–Kier alpha value is -0.570. The van der Waals surface area contributed by atoms with Gasteiger partial charge in [-0.05, 0) is 37.5 Å². The minimum absolute atomic E-state index is 0.159. The van der Waals surface area contributed by atoms with Crippen molar-refractivity contribution >= 4 is 5.91 Å². The molecule has 102 valence electrons. The molecule has 3 nitrogen and oxygen atoms in total. The predicted molar refractivity (Wildman–Crippen MR) is 72.1 cm³/mol. The third kappa shape index (κ3) is 1.87. The minimum atomic E-state index is -0.159. The third-order valence-corrected chi connectivity index (χ3v) is 5.70. The van der Waals surface area contributed by atoms with Crippen LogP contribution in [-0.2, 0) is 4.79 Å². The molecule has 0 radical (unpaired) electrons. The van der Waals surface area contributed by atoms with Gasteiger partial charge in [-0.25, -0.2) is 0 Å². The van der Waals surface area contributed by atoms with E-state index >= 15 is 0 Å². The minimum Gasteiger partial charge on any atom is -0.328 e. The molecular formula is C15H26N2O. The fraction of sp³-hybridized carbons (Fsp3) is 0.933. The van der Waals surface area contributed by atoms with Gasteiger partial charge in [0.25, 0.3) is 0 Å². The number of hydrogen-bond acceptors (Lipinski definition) is 2. The molecule has 1 amide bonds. The van der Waals surface area contributed by atoms with E-state index in [1.807, 2.05) is 0 Å². The van der Waals surface area contributed by atoms with Crippen LogP contribution in [0.4, 0.5) is 0 Å². The molecule has 3 heteroatoms. The first-order valence-electron chi connectivity index (χ1n) is 7.74. The summed E-state index contributed by atoms with van der Waals surface area (Å²) in [4.78, 5) is 14.8. The Balaban J connectivity index is 1.69. The van der Waals surface area contributed by atoms with Crippen LogP contribution in [0.5, 0.6) is 0 Å². The van der Waals surface area contributed by atoms with Crippen LogP contribution >= 0.6 is 0 Å². The SMILES string of the molecule is CCC1(CN2CNC3(CCCC3)C2=O)CCCC1. The number of nitrogens with one attached hydrogen (secondary N) is 1. The largest absolute Gasteiger partial charge is 0.328 e. The van der Waals surface area contributed by atoms with Crippen molar-refractivity contribution in [2.45, 2.75) is 70.3 Å². The van der Waals surface area contributed by atoms with Crippen molar-refractivity contribution in [2.24, 2.45) is 5.41 Å². The fourth-order valence-corrected chi connectivity index (χ4v) is 4.35. The number of amides is 1. The molecule has 0 aromatic heterocycles.